The van der Waals surface area contributed by atoms with Crippen LogP contribution in [0.15, 0.2) is 54.7 Å². The number of pyridine rings is 1. The van der Waals surface area contributed by atoms with Gasteiger partial charge in [0, 0.05) is 18.8 Å². The highest BCUT2D eigenvalue weighted by molar-refractivity contribution is 5.91. The molecule has 1 N–H and O–H groups in total. The Labute approximate surface area is 128 Å². The molecule has 0 atom stereocenters. The molecule has 1 heterocycles. The molecular weight excluding hydrogens is 283 g/mol. The lowest BCUT2D eigenvalue weighted by Gasteiger charge is -2.06. The van der Waals surface area contributed by atoms with E-state index in [1.165, 1.54) is 18.2 Å². The van der Waals surface area contributed by atoms with Crippen molar-refractivity contribution in [3.05, 3.63) is 66.2 Å². The SMILES string of the molecule is O=C(C=Cc1ccccn1)NCCCOc1ccc(F)cc1. The van der Waals surface area contributed by atoms with Crippen molar-refractivity contribution >= 4 is 12.0 Å². The molecule has 1 amide bonds. The van der Waals surface area contributed by atoms with Gasteiger partial charge in [0.25, 0.3) is 0 Å². The van der Waals surface area contributed by atoms with Crippen LogP contribution in [0.25, 0.3) is 6.08 Å². The summed E-state index contributed by atoms with van der Waals surface area (Å²) in [6, 6.07) is 11.3. The van der Waals surface area contributed by atoms with Gasteiger partial charge in [0.05, 0.1) is 12.3 Å². The smallest absolute Gasteiger partial charge is 0.244 e. The third kappa shape index (κ3) is 5.75. The van der Waals surface area contributed by atoms with Gasteiger partial charge in [-0.3, -0.25) is 9.78 Å². The predicted octanol–water partition coefficient (Wildman–Crippen LogP) is 2.82. The normalized spacial score (nSPS) is 10.6. The Bertz CT molecular complexity index is 612. The van der Waals surface area contributed by atoms with Crippen molar-refractivity contribution in [2.45, 2.75) is 6.42 Å². The second kappa shape index (κ2) is 8.56. The number of carbonyl (C=O) groups is 1. The largest absolute Gasteiger partial charge is 0.494 e. The van der Waals surface area contributed by atoms with Gasteiger partial charge in [-0.1, -0.05) is 6.07 Å². The van der Waals surface area contributed by atoms with E-state index >= 15 is 0 Å². The van der Waals surface area contributed by atoms with Crippen LogP contribution in [0.4, 0.5) is 4.39 Å². The number of halogens is 1. The summed E-state index contributed by atoms with van der Waals surface area (Å²) in [4.78, 5) is 15.7. The summed E-state index contributed by atoms with van der Waals surface area (Å²) < 4.78 is 18.1. The monoisotopic (exact) mass is 300 g/mol. The Morgan fingerprint density at radius 2 is 2.05 bits per heavy atom. The van der Waals surface area contributed by atoms with Gasteiger partial charge in [-0.2, -0.15) is 0 Å². The fraction of sp³-hybridized carbons (Fsp3) is 0.176. The van der Waals surface area contributed by atoms with Gasteiger partial charge in [0.15, 0.2) is 0 Å². The molecule has 0 saturated carbocycles. The molecule has 0 saturated heterocycles. The summed E-state index contributed by atoms with van der Waals surface area (Å²) in [6.45, 7) is 0.961. The highest BCUT2D eigenvalue weighted by atomic mass is 19.1. The average Bonchev–Trinajstić information content (AvgIpc) is 2.55. The molecule has 114 valence electrons. The van der Waals surface area contributed by atoms with E-state index in [9.17, 15) is 9.18 Å². The number of amides is 1. The van der Waals surface area contributed by atoms with Crippen LogP contribution in [0.2, 0.25) is 0 Å². The van der Waals surface area contributed by atoms with Crippen LogP contribution in [0.1, 0.15) is 12.1 Å². The molecule has 22 heavy (non-hydrogen) atoms. The first-order chi connectivity index (χ1) is 10.7. The van der Waals surface area contributed by atoms with Gasteiger partial charge < -0.3 is 10.1 Å². The first-order valence-corrected chi connectivity index (χ1v) is 6.99. The van der Waals surface area contributed by atoms with E-state index in [0.717, 1.165) is 5.69 Å². The Hall–Kier alpha value is -2.69. The van der Waals surface area contributed by atoms with Crippen LogP contribution in [0.3, 0.4) is 0 Å². The molecule has 5 heteroatoms. The lowest BCUT2D eigenvalue weighted by molar-refractivity contribution is -0.116. The molecule has 0 radical (unpaired) electrons. The Morgan fingerprint density at radius 3 is 2.77 bits per heavy atom. The van der Waals surface area contributed by atoms with Gasteiger partial charge in [0.2, 0.25) is 5.91 Å². The molecule has 1 aromatic heterocycles. The van der Waals surface area contributed by atoms with E-state index in [2.05, 4.69) is 10.3 Å². The second-order valence-corrected chi connectivity index (χ2v) is 4.53. The molecule has 0 aliphatic carbocycles. The number of hydrogen-bond donors (Lipinski definition) is 1. The minimum atomic E-state index is -0.292. The van der Waals surface area contributed by atoms with Crippen molar-refractivity contribution < 1.29 is 13.9 Å². The quantitative estimate of drug-likeness (QED) is 0.632. The van der Waals surface area contributed by atoms with E-state index in [4.69, 9.17) is 4.74 Å². The van der Waals surface area contributed by atoms with Crippen molar-refractivity contribution in [2.75, 3.05) is 13.2 Å². The fourth-order valence-corrected chi connectivity index (χ4v) is 1.70. The number of rotatable bonds is 7. The summed E-state index contributed by atoms with van der Waals surface area (Å²) in [5, 5.41) is 2.75. The molecule has 4 nitrogen and oxygen atoms in total. The van der Waals surface area contributed by atoms with Crippen LogP contribution in [0.5, 0.6) is 5.75 Å². The lowest BCUT2D eigenvalue weighted by atomic mass is 10.3. The third-order valence-electron chi connectivity index (χ3n) is 2.80. The maximum Gasteiger partial charge on any atom is 0.244 e. The number of benzene rings is 1. The third-order valence-corrected chi connectivity index (χ3v) is 2.80. The van der Waals surface area contributed by atoms with Gasteiger partial charge in [-0.15, -0.1) is 0 Å². The van der Waals surface area contributed by atoms with E-state index in [1.54, 1.807) is 24.4 Å². The molecule has 0 fully saturated rings. The molecule has 2 aromatic rings. The van der Waals surface area contributed by atoms with Gasteiger partial charge in [0.1, 0.15) is 11.6 Å². The van der Waals surface area contributed by atoms with Crippen molar-refractivity contribution in [1.29, 1.82) is 0 Å². The van der Waals surface area contributed by atoms with E-state index in [1.807, 2.05) is 18.2 Å². The van der Waals surface area contributed by atoms with Crippen LogP contribution >= 0.6 is 0 Å². The van der Waals surface area contributed by atoms with Crippen LogP contribution < -0.4 is 10.1 Å². The number of nitrogens with one attached hydrogen (secondary N) is 1. The summed E-state index contributed by atoms with van der Waals surface area (Å²) in [7, 11) is 0. The van der Waals surface area contributed by atoms with Crippen molar-refractivity contribution in [3.63, 3.8) is 0 Å². The van der Waals surface area contributed by atoms with Crippen molar-refractivity contribution in [2.24, 2.45) is 0 Å². The molecule has 0 aliphatic heterocycles. The highest BCUT2D eigenvalue weighted by Gasteiger charge is 1.97. The summed E-state index contributed by atoms with van der Waals surface area (Å²) in [6.07, 6.45) is 5.44. The zero-order valence-electron chi connectivity index (χ0n) is 12.0. The Morgan fingerprint density at radius 1 is 1.23 bits per heavy atom. The number of aromatic nitrogens is 1. The van der Waals surface area contributed by atoms with Gasteiger partial charge >= 0.3 is 0 Å². The molecular formula is C17H17FN2O2. The predicted molar refractivity (Wildman–Crippen MR) is 82.8 cm³/mol. The topological polar surface area (TPSA) is 51.2 Å². The second-order valence-electron chi connectivity index (χ2n) is 4.53. The average molecular weight is 300 g/mol. The van der Waals surface area contributed by atoms with Crippen molar-refractivity contribution in [1.82, 2.24) is 10.3 Å². The molecule has 0 aliphatic rings. The maximum absolute atomic E-state index is 12.7. The maximum atomic E-state index is 12.7. The number of ether oxygens (including phenoxy) is 1. The van der Waals surface area contributed by atoms with Gasteiger partial charge in [-0.25, -0.2) is 4.39 Å². The van der Waals surface area contributed by atoms with Crippen molar-refractivity contribution in [3.8, 4) is 5.75 Å². The van der Waals surface area contributed by atoms with Crippen LogP contribution in [-0.4, -0.2) is 24.0 Å². The van der Waals surface area contributed by atoms with E-state index < -0.39 is 0 Å². The number of carbonyl (C=O) groups excluding carboxylic acids is 1. The molecule has 2 rings (SSSR count). The highest BCUT2D eigenvalue weighted by Crippen LogP contribution is 2.10. The Balaban J connectivity index is 1.61. The molecule has 0 unspecified atom stereocenters. The standard InChI is InChI=1S/C17H17FN2O2/c18-14-5-8-16(9-6-14)22-13-3-12-20-17(21)10-7-15-4-1-2-11-19-15/h1-2,4-11H,3,12-13H2,(H,20,21). The minimum Gasteiger partial charge on any atom is -0.494 e. The minimum absolute atomic E-state index is 0.174. The summed E-state index contributed by atoms with van der Waals surface area (Å²) >= 11 is 0. The molecule has 0 bridgehead atoms. The summed E-state index contributed by atoms with van der Waals surface area (Å²) in [5.74, 6) is 0.148. The Kier molecular flexibility index (Phi) is 6.11. The summed E-state index contributed by atoms with van der Waals surface area (Å²) in [5.41, 5.74) is 0.734. The molecule has 0 spiro atoms. The van der Waals surface area contributed by atoms with Crippen LogP contribution in [0, 0.1) is 5.82 Å². The zero-order valence-corrected chi connectivity index (χ0v) is 12.0. The molecule has 1 aromatic carbocycles. The van der Waals surface area contributed by atoms with Gasteiger partial charge in [-0.05, 0) is 48.9 Å². The zero-order chi connectivity index (χ0) is 15.6. The van der Waals surface area contributed by atoms with Crippen LogP contribution in [-0.2, 0) is 4.79 Å². The van der Waals surface area contributed by atoms with E-state index in [-0.39, 0.29) is 11.7 Å². The lowest BCUT2D eigenvalue weighted by Crippen LogP contribution is -2.23. The number of nitrogens with zero attached hydrogens (tertiary/aromatic N) is 1. The first kappa shape index (κ1) is 15.7. The first-order valence-electron chi connectivity index (χ1n) is 6.99. The number of hydrogen-bond acceptors (Lipinski definition) is 3. The van der Waals surface area contributed by atoms with E-state index in [0.29, 0.717) is 25.3 Å². The fourth-order valence-electron chi connectivity index (χ4n) is 1.70.